The van der Waals surface area contributed by atoms with Crippen LogP contribution in [0, 0.1) is 5.92 Å². The van der Waals surface area contributed by atoms with Gasteiger partial charge >= 0.3 is 0 Å². The van der Waals surface area contributed by atoms with Gasteiger partial charge in [-0.15, -0.1) is 11.3 Å². The minimum absolute atomic E-state index is 0.0313. The molecule has 6 heteroatoms. The molecule has 2 rings (SSSR count). The first-order valence-electron chi connectivity index (χ1n) is 6.34. The highest BCUT2D eigenvalue weighted by atomic mass is 32.2. The van der Waals surface area contributed by atoms with Gasteiger partial charge in [0.05, 0.1) is 0 Å². The van der Waals surface area contributed by atoms with Crippen LogP contribution in [0.5, 0.6) is 0 Å². The zero-order valence-electron chi connectivity index (χ0n) is 10.6. The van der Waals surface area contributed by atoms with Crippen molar-refractivity contribution in [2.24, 2.45) is 11.7 Å². The third-order valence-electron chi connectivity index (χ3n) is 3.49. The largest absolute Gasteiger partial charge is 0.330 e. The van der Waals surface area contributed by atoms with Crippen molar-refractivity contribution in [1.29, 1.82) is 0 Å². The molecular weight excluding hydrogens is 268 g/mol. The van der Waals surface area contributed by atoms with Crippen LogP contribution in [0.3, 0.4) is 0 Å². The normalized spacial score (nSPS) is 18.6. The quantitative estimate of drug-likeness (QED) is 0.837. The molecule has 1 atom stereocenters. The van der Waals surface area contributed by atoms with E-state index in [1.165, 1.54) is 17.8 Å². The number of nitrogens with two attached hydrogens (primary N) is 1. The van der Waals surface area contributed by atoms with Crippen LogP contribution >= 0.6 is 11.3 Å². The maximum Gasteiger partial charge on any atom is 0.250 e. The Morgan fingerprint density at radius 1 is 1.50 bits per heavy atom. The molecule has 102 valence electrons. The standard InChI is InChI=1S/C12H20N2O2S2/c1-9(10-3-2-4-10)14-18(15,16)12-6-5-11(17-12)7-8-13/h5-6,9-10,14H,2-4,7-8,13H2,1H3. The SMILES string of the molecule is CC(NS(=O)(=O)c1ccc(CCN)s1)C1CCC1. The van der Waals surface area contributed by atoms with Crippen LogP contribution in [0.1, 0.15) is 31.1 Å². The van der Waals surface area contributed by atoms with E-state index in [2.05, 4.69) is 4.72 Å². The Bertz CT molecular complexity index is 492. The first-order chi connectivity index (χ1) is 8.53. The minimum Gasteiger partial charge on any atom is -0.330 e. The Morgan fingerprint density at radius 2 is 2.22 bits per heavy atom. The van der Waals surface area contributed by atoms with E-state index >= 15 is 0 Å². The van der Waals surface area contributed by atoms with Gasteiger partial charge in [-0.25, -0.2) is 13.1 Å². The zero-order chi connectivity index (χ0) is 13.2. The number of rotatable bonds is 6. The van der Waals surface area contributed by atoms with Crippen molar-refractivity contribution >= 4 is 21.4 Å². The van der Waals surface area contributed by atoms with E-state index in [1.807, 2.05) is 13.0 Å². The van der Waals surface area contributed by atoms with Crippen molar-refractivity contribution < 1.29 is 8.42 Å². The molecule has 0 aromatic carbocycles. The Hall–Kier alpha value is -0.430. The molecule has 0 saturated heterocycles. The predicted octanol–water partition coefficient (Wildman–Crippen LogP) is 1.72. The fourth-order valence-electron chi connectivity index (χ4n) is 2.12. The molecule has 0 bridgehead atoms. The summed E-state index contributed by atoms with van der Waals surface area (Å²) < 4.78 is 27.5. The smallest absolute Gasteiger partial charge is 0.250 e. The van der Waals surface area contributed by atoms with Crippen molar-refractivity contribution in [3.05, 3.63) is 17.0 Å². The van der Waals surface area contributed by atoms with Gasteiger partial charge in [-0.3, -0.25) is 0 Å². The van der Waals surface area contributed by atoms with Crippen LogP contribution in [0.15, 0.2) is 16.3 Å². The molecule has 1 heterocycles. The van der Waals surface area contributed by atoms with Crippen molar-refractivity contribution in [3.8, 4) is 0 Å². The Morgan fingerprint density at radius 3 is 2.78 bits per heavy atom. The van der Waals surface area contributed by atoms with Crippen LogP contribution in [0.25, 0.3) is 0 Å². The van der Waals surface area contributed by atoms with Gasteiger partial charge in [0, 0.05) is 10.9 Å². The number of hydrogen-bond acceptors (Lipinski definition) is 4. The Kier molecular flexibility index (Phi) is 4.42. The second kappa shape index (κ2) is 5.69. The summed E-state index contributed by atoms with van der Waals surface area (Å²) in [6, 6.07) is 3.55. The monoisotopic (exact) mass is 288 g/mol. The summed E-state index contributed by atoms with van der Waals surface area (Å²) in [5.41, 5.74) is 5.47. The average molecular weight is 288 g/mol. The first kappa shape index (κ1) is 14.0. The third kappa shape index (κ3) is 3.12. The molecule has 4 nitrogen and oxygen atoms in total. The van der Waals surface area contributed by atoms with Gasteiger partial charge in [0.25, 0.3) is 0 Å². The summed E-state index contributed by atoms with van der Waals surface area (Å²) in [4.78, 5) is 1.02. The molecule has 3 N–H and O–H groups in total. The Labute approximate surface area is 113 Å². The molecule has 1 aliphatic carbocycles. The molecule has 0 radical (unpaired) electrons. The lowest BCUT2D eigenvalue weighted by atomic mass is 9.81. The molecule has 18 heavy (non-hydrogen) atoms. The summed E-state index contributed by atoms with van der Waals surface area (Å²) >= 11 is 1.31. The molecule has 0 amide bonds. The van der Waals surface area contributed by atoms with Crippen LogP contribution in [-0.2, 0) is 16.4 Å². The van der Waals surface area contributed by atoms with Gasteiger partial charge < -0.3 is 5.73 Å². The van der Waals surface area contributed by atoms with E-state index in [1.54, 1.807) is 6.07 Å². The van der Waals surface area contributed by atoms with Crippen molar-refractivity contribution in [3.63, 3.8) is 0 Å². The van der Waals surface area contributed by atoms with Crippen LogP contribution in [-0.4, -0.2) is 21.0 Å². The highest BCUT2D eigenvalue weighted by molar-refractivity contribution is 7.91. The molecule has 0 aliphatic heterocycles. The average Bonchev–Trinajstić information content (AvgIpc) is 2.63. The third-order valence-corrected chi connectivity index (χ3v) is 6.69. The van der Waals surface area contributed by atoms with Crippen molar-refractivity contribution in [2.75, 3.05) is 6.54 Å². The fraction of sp³-hybridized carbons (Fsp3) is 0.667. The highest BCUT2D eigenvalue weighted by Crippen LogP contribution is 2.30. The van der Waals surface area contributed by atoms with Gasteiger partial charge in [-0.05, 0) is 50.8 Å². The van der Waals surface area contributed by atoms with Crippen molar-refractivity contribution in [1.82, 2.24) is 4.72 Å². The maximum absolute atomic E-state index is 12.2. The topological polar surface area (TPSA) is 72.2 Å². The number of sulfonamides is 1. The van der Waals surface area contributed by atoms with Gasteiger partial charge in [0.2, 0.25) is 10.0 Å². The second-order valence-corrected chi connectivity index (χ2v) is 7.97. The highest BCUT2D eigenvalue weighted by Gasteiger charge is 2.28. The number of hydrogen-bond donors (Lipinski definition) is 2. The molecule has 0 spiro atoms. The van der Waals surface area contributed by atoms with Gasteiger partial charge in [0.1, 0.15) is 4.21 Å². The molecular formula is C12H20N2O2S2. The Balaban J connectivity index is 2.04. The van der Waals surface area contributed by atoms with E-state index in [0.29, 0.717) is 16.7 Å². The van der Waals surface area contributed by atoms with Crippen LogP contribution < -0.4 is 10.5 Å². The summed E-state index contributed by atoms with van der Waals surface area (Å²) in [6.45, 7) is 2.50. The summed E-state index contributed by atoms with van der Waals surface area (Å²) in [7, 11) is -3.35. The van der Waals surface area contributed by atoms with E-state index in [9.17, 15) is 8.42 Å². The van der Waals surface area contributed by atoms with Crippen molar-refractivity contribution in [2.45, 2.75) is 42.9 Å². The maximum atomic E-state index is 12.2. The molecule has 1 aromatic rings. The molecule has 1 aliphatic rings. The molecule has 1 saturated carbocycles. The summed E-state index contributed by atoms with van der Waals surface area (Å²) in [5, 5.41) is 0. The predicted molar refractivity (Wildman–Crippen MR) is 74.2 cm³/mol. The fourth-order valence-corrected chi connectivity index (χ4v) is 4.82. The lowest BCUT2D eigenvalue weighted by Crippen LogP contribution is -2.40. The van der Waals surface area contributed by atoms with Crippen LogP contribution in [0.4, 0.5) is 0 Å². The first-order valence-corrected chi connectivity index (χ1v) is 8.64. The minimum atomic E-state index is -3.35. The number of nitrogens with one attached hydrogen (secondary N) is 1. The summed E-state index contributed by atoms with van der Waals surface area (Å²) in [6.07, 6.45) is 4.22. The number of thiophene rings is 1. The molecule has 1 unspecified atom stereocenters. The molecule has 1 fully saturated rings. The van der Waals surface area contributed by atoms with E-state index in [0.717, 1.165) is 24.1 Å². The lowest BCUT2D eigenvalue weighted by molar-refractivity contribution is 0.260. The van der Waals surface area contributed by atoms with E-state index in [-0.39, 0.29) is 6.04 Å². The van der Waals surface area contributed by atoms with Gasteiger partial charge in [0.15, 0.2) is 0 Å². The zero-order valence-corrected chi connectivity index (χ0v) is 12.2. The second-order valence-electron chi connectivity index (χ2n) is 4.86. The van der Waals surface area contributed by atoms with Gasteiger partial charge in [-0.2, -0.15) is 0 Å². The van der Waals surface area contributed by atoms with Gasteiger partial charge in [-0.1, -0.05) is 6.42 Å². The lowest BCUT2D eigenvalue weighted by Gasteiger charge is -2.31. The van der Waals surface area contributed by atoms with E-state index < -0.39 is 10.0 Å². The summed E-state index contributed by atoms with van der Waals surface area (Å²) in [5.74, 6) is 0.503. The molecule has 1 aromatic heterocycles. The van der Waals surface area contributed by atoms with Crippen LogP contribution in [0.2, 0.25) is 0 Å². The van der Waals surface area contributed by atoms with E-state index in [4.69, 9.17) is 5.73 Å².